The van der Waals surface area contributed by atoms with E-state index in [1.807, 2.05) is 9.80 Å². The fourth-order valence-corrected chi connectivity index (χ4v) is 4.17. The number of hydrogen-bond donors (Lipinski definition) is 1. The van der Waals surface area contributed by atoms with Crippen LogP contribution in [0, 0.1) is 17.3 Å². The second-order valence-electron chi connectivity index (χ2n) is 7.76. The van der Waals surface area contributed by atoms with Gasteiger partial charge in [-0.1, -0.05) is 13.8 Å². The van der Waals surface area contributed by atoms with Crippen LogP contribution in [0.1, 0.15) is 39.5 Å². The molecule has 3 aliphatic rings. The summed E-state index contributed by atoms with van der Waals surface area (Å²) in [6.07, 6.45) is 3.36. The Labute approximate surface area is 133 Å². The standard InChI is InChI=1S/C17H29N3O2/c1-13-3-7-19(10-13)15(21)9-17(5-6-18-12-17)16(22)20-8-4-14(2)11-20/h13-14,18H,3-12H2,1-2H3. The van der Waals surface area contributed by atoms with Crippen molar-refractivity contribution in [3.05, 3.63) is 0 Å². The Morgan fingerprint density at radius 2 is 1.73 bits per heavy atom. The van der Waals surface area contributed by atoms with Crippen LogP contribution in [0.25, 0.3) is 0 Å². The molecule has 0 aliphatic carbocycles. The predicted molar refractivity (Wildman–Crippen MR) is 85.3 cm³/mol. The third-order valence-electron chi connectivity index (χ3n) is 5.67. The van der Waals surface area contributed by atoms with Gasteiger partial charge in [-0.05, 0) is 37.6 Å². The monoisotopic (exact) mass is 307 g/mol. The third kappa shape index (κ3) is 3.00. The van der Waals surface area contributed by atoms with E-state index in [9.17, 15) is 9.59 Å². The average molecular weight is 307 g/mol. The highest BCUT2D eigenvalue weighted by Crippen LogP contribution is 2.35. The van der Waals surface area contributed by atoms with E-state index in [0.29, 0.717) is 24.8 Å². The van der Waals surface area contributed by atoms with Gasteiger partial charge < -0.3 is 15.1 Å². The van der Waals surface area contributed by atoms with Gasteiger partial charge in [-0.25, -0.2) is 0 Å². The molecule has 3 rings (SSSR count). The topological polar surface area (TPSA) is 52.7 Å². The van der Waals surface area contributed by atoms with E-state index in [-0.39, 0.29) is 11.8 Å². The number of rotatable bonds is 3. The smallest absolute Gasteiger partial charge is 0.230 e. The second kappa shape index (κ2) is 6.19. The maximum atomic E-state index is 13.0. The van der Waals surface area contributed by atoms with Gasteiger partial charge in [0.25, 0.3) is 0 Å². The van der Waals surface area contributed by atoms with Gasteiger partial charge in [-0.15, -0.1) is 0 Å². The lowest BCUT2D eigenvalue weighted by atomic mass is 9.81. The molecule has 3 unspecified atom stereocenters. The Morgan fingerprint density at radius 1 is 1.09 bits per heavy atom. The summed E-state index contributed by atoms with van der Waals surface area (Å²) < 4.78 is 0. The zero-order valence-corrected chi connectivity index (χ0v) is 13.9. The van der Waals surface area contributed by atoms with Gasteiger partial charge in [-0.3, -0.25) is 9.59 Å². The summed E-state index contributed by atoms with van der Waals surface area (Å²) in [5, 5.41) is 3.32. The molecule has 0 radical (unpaired) electrons. The highest BCUT2D eigenvalue weighted by molar-refractivity contribution is 5.90. The van der Waals surface area contributed by atoms with Crippen molar-refractivity contribution in [2.24, 2.45) is 17.3 Å². The van der Waals surface area contributed by atoms with Crippen molar-refractivity contribution in [3.63, 3.8) is 0 Å². The van der Waals surface area contributed by atoms with E-state index in [1.54, 1.807) is 0 Å². The maximum Gasteiger partial charge on any atom is 0.230 e. The first-order chi connectivity index (χ1) is 10.5. The quantitative estimate of drug-likeness (QED) is 0.849. The molecule has 0 spiro atoms. The van der Waals surface area contributed by atoms with Crippen molar-refractivity contribution in [1.29, 1.82) is 0 Å². The zero-order valence-electron chi connectivity index (χ0n) is 13.9. The number of amides is 2. The summed E-state index contributed by atoms with van der Waals surface area (Å²) in [4.78, 5) is 29.7. The molecule has 3 fully saturated rings. The van der Waals surface area contributed by atoms with E-state index >= 15 is 0 Å². The minimum Gasteiger partial charge on any atom is -0.342 e. The van der Waals surface area contributed by atoms with E-state index in [4.69, 9.17) is 0 Å². The molecule has 0 aromatic carbocycles. The van der Waals surface area contributed by atoms with Crippen molar-refractivity contribution < 1.29 is 9.59 Å². The highest BCUT2D eigenvalue weighted by atomic mass is 16.2. The SMILES string of the molecule is CC1CCN(C(=O)CC2(C(=O)N3CCC(C)C3)CCNC2)C1. The molecular weight excluding hydrogens is 278 g/mol. The van der Waals surface area contributed by atoms with Crippen LogP contribution < -0.4 is 5.32 Å². The number of carbonyl (C=O) groups excluding carboxylic acids is 2. The van der Waals surface area contributed by atoms with Crippen molar-refractivity contribution in [3.8, 4) is 0 Å². The highest BCUT2D eigenvalue weighted by Gasteiger charge is 2.47. The lowest BCUT2D eigenvalue weighted by Gasteiger charge is -2.32. The lowest BCUT2D eigenvalue weighted by Crippen LogP contribution is -2.47. The Balaban J connectivity index is 1.68. The molecule has 3 atom stereocenters. The Hall–Kier alpha value is -1.10. The van der Waals surface area contributed by atoms with Crippen LogP contribution >= 0.6 is 0 Å². The molecule has 0 bridgehead atoms. The number of likely N-dealkylation sites (tertiary alicyclic amines) is 2. The van der Waals surface area contributed by atoms with Crippen molar-refractivity contribution in [2.75, 3.05) is 39.3 Å². The fourth-order valence-electron chi connectivity index (χ4n) is 4.17. The number of hydrogen-bond acceptors (Lipinski definition) is 3. The zero-order chi connectivity index (χ0) is 15.7. The van der Waals surface area contributed by atoms with Crippen LogP contribution in [0.15, 0.2) is 0 Å². The summed E-state index contributed by atoms with van der Waals surface area (Å²) >= 11 is 0. The van der Waals surface area contributed by atoms with E-state index in [2.05, 4.69) is 19.2 Å². The van der Waals surface area contributed by atoms with Crippen LogP contribution in [0.4, 0.5) is 0 Å². The molecular formula is C17H29N3O2. The molecule has 0 aromatic rings. The molecule has 22 heavy (non-hydrogen) atoms. The van der Waals surface area contributed by atoms with Crippen LogP contribution in [0.3, 0.4) is 0 Å². The molecule has 0 aromatic heterocycles. The molecule has 5 nitrogen and oxygen atoms in total. The first-order valence-corrected chi connectivity index (χ1v) is 8.78. The van der Waals surface area contributed by atoms with Gasteiger partial charge in [-0.2, -0.15) is 0 Å². The van der Waals surface area contributed by atoms with Crippen molar-refractivity contribution in [2.45, 2.75) is 39.5 Å². The third-order valence-corrected chi connectivity index (χ3v) is 5.67. The molecule has 2 amide bonds. The van der Waals surface area contributed by atoms with Crippen molar-refractivity contribution >= 4 is 11.8 Å². The molecule has 5 heteroatoms. The molecule has 124 valence electrons. The normalized spacial score (nSPS) is 35.4. The molecule has 1 N–H and O–H groups in total. The minimum absolute atomic E-state index is 0.175. The molecule has 3 aliphatic heterocycles. The first-order valence-electron chi connectivity index (χ1n) is 8.78. The van der Waals surface area contributed by atoms with Gasteiger partial charge in [0, 0.05) is 39.1 Å². The first kappa shape index (κ1) is 15.8. The summed E-state index contributed by atoms with van der Waals surface area (Å²) in [7, 11) is 0. The lowest BCUT2D eigenvalue weighted by molar-refractivity contribution is -0.146. The summed E-state index contributed by atoms with van der Waals surface area (Å²) in [6.45, 7) is 9.33. The van der Waals surface area contributed by atoms with Crippen LogP contribution in [-0.4, -0.2) is 60.9 Å². The summed E-state index contributed by atoms with van der Waals surface area (Å²) in [5.74, 6) is 1.57. The molecule has 3 heterocycles. The van der Waals surface area contributed by atoms with Crippen LogP contribution in [0.2, 0.25) is 0 Å². The average Bonchev–Trinajstić information content (AvgIpc) is 3.20. The maximum absolute atomic E-state index is 13.0. The Bertz CT molecular complexity index is 445. The van der Waals surface area contributed by atoms with Gasteiger partial charge >= 0.3 is 0 Å². The predicted octanol–water partition coefficient (Wildman–Crippen LogP) is 1.09. The van der Waals surface area contributed by atoms with Gasteiger partial charge in [0.1, 0.15) is 0 Å². The van der Waals surface area contributed by atoms with Crippen LogP contribution in [-0.2, 0) is 9.59 Å². The van der Waals surface area contributed by atoms with Gasteiger partial charge in [0.05, 0.1) is 5.41 Å². The summed E-state index contributed by atoms with van der Waals surface area (Å²) in [5.41, 5.74) is -0.493. The van der Waals surface area contributed by atoms with Crippen molar-refractivity contribution in [1.82, 2.24) is 15.1 Å². The Morgan fingerprint density at radius 3 is 2.23 bits per heavy atom. The van der Waals surface area contributed by atoms with Crippen LogP contribution in [0.5, 0.6) is 0 Å². The second-order valence-corrected chi connectivity index (χ2v) is 7.76. The molecule has 0 saturated carbocycles. The van der Waals surface area contributed by atoms with E-state index in [0.717, 1.165) is 52.0 Å². The largest absolute Gasteiger partial charge is 0.342 e. The Kier molecular flexibility index (Phi) is 4.44. The van der Waals surface area contributed by atoms with Gasteiger partial charge in [0.15, 0.2) is 0 Å². The van der Waals surface area contributed by atoms with E-state index < -0.39 is 5.41 Å². The summed E-state index contributed by atoms with van der Waals surface area (Å²) in [6, 6.07) is 0. The molecule has 3 saturated heterocycles. The van der Waals surface area contributed by atoms with Gasteiger partial charge in [0.2, 0.25) is 11.8 Å². The number of nitrogens with zero attached hydrogens (tertiary/aromatic N) is 2. The number of nitrogens with one attached hydrogen (secondary N) is 1. The fraction of sp³-hybridized carbons (Fsp3) is 0.882. The minimum atomic E-state index is -0.493. The van der Waals surface area contributed by atoms with E-state index in [1.165, 1.54) is 0 Å². The number of carbonyl (C=O) groups is 2.